The highest BCUT2D eigenvalue weighted by atomic mass is 35.5. The van der Waals surface area contributed by atoms with Gasteiger partial charge >= 0.3 is 0 Å². The van der Waals surface area contributed by atoms with Crippen LogP contribution in [0.25, 0.3) is 0 Å². The van der Waals surface area contributed by atoms with E-state index < -0.39 is 0 Å². The van der Waals surface area contributed by atoms with Crippen molar-refractivity contribution < 1.29 is 4.74 Å². The van der Waals surface area contributed by atoms with Crippen LogP contribution in [0.4, 0.5) is 0 Å². The minimum atomic E-state index is -0.334. The minimum absolute atomic E-state index is 0.334. The quantitative estimate of drug-likeness (QED) is 0.907. The van der Waals surface area contributed by atoms with Gasteiger partial charge in [0.15, 0.2) is 0 Å². The molecule has 0 heterocycles. The minimum Gasteiger partial charge on any atom is -0.497 e. The Bertz CT molecular complexity index is 563. The molecule has 0 aliphatic carbocycles. The lowest BCUT2D eigenvalue weighted by Gasteiger charge is -2.25. The Morgan fingerprint density at radius 2 is 1.70 bits per heavy atom. The molecule has 0 fully saturated rings. The van der Waals surface area contributed by atoms with Crippen molar-refractivity contribution in [3.05, 3.63) is 64.7 Å². The van der Waals surface area contributed by atoms with Gasteiger partial charge in [-0.2, -0.15) is 0 Å². The molecule has 2 aromatic rings. The molecule has 0 saturated carbocycles. The summed E-state index contributed by atoms with van der Waals surface area (Å²) in [4.78, 5) is 0. The Morgan fingerprint density at radius 1 is 1.05 bits per heavy atom. The molecular formula is C17H20ClNO. The fourth-order valence-corrected chi connectivity index (χ4v) is 2.55. The van der Waals surface area contributed by atoms with E-state index in [-0.39, 0.29) is 5.54 Å². The topological polar surface area (TPSA) is 35.2 Å². The van der Waals surface area contributed by atoms with Crippen LogP contribution in [-0.4, -0.2) is 12.6 Å². The van der Waals surface area contributed by atoms with Crippen molar-refractivity contribution in [2.24, 2.45) is 5.73 Å². The molecule has 0 spiro atoms. The molecule has 0 aromatic heterocycles. The summed E-state index contributed by atoms with van der Waals surface area (Å²) in [6, 6.07) is 15.9. The first-order chi connectivity index (χ1) is 9.50. The van der Waals surface area contributed by atoms with Crippen LogP contribution in [0.3, 0.4) is 0 Å². The smallest absolute Gasteiger partial charge is 0.118 e. The first-order valence-corrected chi connectivity index (χ1v) is 7.03. The Balaban J connectivity index is 2.08. The van der Waals surface area contributed by atoms with Crippen molar-refractivity contribution in [1.82, 2.24) is 0 Å². The third-order valence-corrected chi connectivity index (χ3v) is 3.69. The highest BCUT2D eigenvalue weighted by Gasteiger charge is 2.20. The molecule has 0 bridgehead atoms. The Hall–Kier alpha value is -1.51. The Kier molecular flexibility index (Phi) is 4.69. The second-order valence-electron chi connectivity index (χ2n) is 5.45. The maximum Gasteiger partial charge on any atom is 0.118 e. The molecule has 2 aromatic carbocycles. The molecule has 0 amide bonds. The van der Waals surface area contributed by atoms with E-state index in [2.05, 4.69) is 19.1 Å². The lowest BCUT2D eigenvalue weighted by molar-refractivity contribution is 0.414. The Morgan fingerprint density at radius 3 is 2.30 bits per heavy atom. The summed E-state index contributed by atoms with van der Waals surface area (Å²) in [6.07, 6.45) is 1.54. The summed E-state index contributed by atoms with van der Waals surface area (Å²) in [5, 5.41) is 0.777. The zero-order chi connectivity index (χ0) is 14.6. The van der Waals surface area contributed by atoms with Gasteiger partial charge in [-0.15, -0.1) is 0 Å². The van der Waals surface area contributed by atoms with Crippen LogP contribution < -0.4 is 10.5 Å². The number of hydrogen-bond donors (Lipinski definition) is 1. The van der Waals surface area contributed by atoms with E-state index in [0.29, 0.717) is 0 Å². The van der Waals surface area contributed by atoms with Crippen LogP contribution in [0.5, 0.6) is 5.75 Å². The van der Waals surface area contributed by atoms with Crippen molar-refractivity contribution in [3.63, 3.8) is 0 Å². The average molecular weight is 290 g/mol. The maximum atomic E-state index is 6.43. The molecule has 2 N–H and O–H groups in total. The van der Waals surface area contributed by atoms with Crippen LogP contribution in [0.15, 0.2) is 48.5 Å². The standard InChI is InChI=1S/C17H20ClNO/c1-17(19,12-14-5-3-4-6-16(14)18)11-13-7-9-15(20-2)10-8-13/h3-10H,11-12,19H2,1-2H3. The molecule has 3 heteroatoms. The number of halogens is 1. The molecule has 1 unspecified atom stereocenters. The first kappa shape index (κ1) is 14.9. The first-order valence-electron chi connectivity index (χ1n) is 6.65. The van der Waals surface area contributed by atoms with Gasteiger partial charge in [0.2, 0.25) is 0 Å². The fourth-order valence-electron chi connectivity index (χ4n) is 2.35. The van der Waals surface area contributed by atoms with Gasteiger partial charge in [0.25, 0.3) is 0 Å². The van der Waals surface area contributed by atoms with Crippen molar-refractivity contribution in [3.8, 4) is 5.75 Å². The summed E-state index contributed by atoms with van der Waals surface area (Å²) in [5.74, 6) is 0.860. The highest BCUT2D eigenvalue weighted by Crippen LogP contribution is 2.23. The molecular weight excluding hydrogens is 270 g/mol. The second-order valence-corrected chi connectivity index (χ2v) is 5.85. The molecule has 0 aliphatic rings. The Labute approximate surface area is 125 Å². The summed E-state index contributed by atoms with van der Waals surface area (Å²) in [7, 11) is 1.67. The van der Waals surface area contributed by atoms with Gasteiger partial charge in [0.05, 0.1) is 7.11 Å². The molecule has 20 heavy (non-hydrogen) atoms. The van der Waals surface area contributed by atoms with E-state index in [1.54, 1.807) is 7.11 Å². The van der Waals surface area contributed by atoms with Gasteiger partial charge in [-0.1, -0.05) is 41.9 Å². The van der Waals surface area contributed by atoms with Crippen molar-refractivity contribution in [2.45, 2.75) is 25.3 Å². The number of hydrogen-bond acceptors (Lipinski definition) is 2. The zero-order valence-electron chi connectivity index (χ0n) is 11.9. The number of methoxy groups -OCH3 is 1. The predicted octanol–water partition coefficient (Wildman–Crippen LogP) is 3.85. The summed E-state index contributed by atoms with van der Waals surface area (Å²) >= 11 is 6.20. The molecule has 0 radical (unpaired) electrons. The van der Waals surface area contributed by atoms with Crippen molar-refractivity contribution >= 4 is 11.6 Å². The molecule has 0 saturated heterocycles. The normalized spacial score (nSPS) is 13.8. The van der Waals surface area contributed by atoms with Crippen LogP contribution in [0.1, 0.15) is 18.1 Å². The summed E-state index contributed by atoms with van der Waals surface area (Å²) in [5.41, 5.74) is 8.38. The third kappa shape index (κ3) is 3.99. The zero-order valence-corrected chi connectivity index (χ0v) is 12.7. The molecule has 2 nitrogen and oxygen atoms in total. The van der Waals surface area contributed by atoms with Crippen LogP contribution in [0, 0.1) is 0 Å². The van der Waals surface area contributed by atoms with E-state index in [0.717, 1.165) is 29.2 Å². The van der Waals surface area contributed by atoms with Gasteiger partial charge in [-0.25, -0.2) is 0 Å². The highest BCUT2D eigenvalue weighted by molar-refractivity contribution is 6.31. The van der Waals surface area contributed by atoms with Gasteiger partial charge in [-0.05, 0) is 49.1 Å². The van der Waals surface area contributed by atoms with Gasteiger partial charge in [0.1, 0.15) is 5.75 Å². The van der Waals surface area contributed by atoms with Gasteiger partial charge in [0, 0.05) is 10.6 Å². The number of ether oxygens (including phenoxy) is 1. The monoisotopic (exact) mass is 289 g/mol. The largest absolute Gasteiger partial charge is 0.497 e. The van der Waals surface area contributed by atoms with Crippen molar-refractivity contribution in [1.29, 1.82) is 0 Å². The molecule has 1 atom stereocenters. The van der Waals surface area contributed by atoms with Crippen molar-refractivity contribution in [2.75, 3.05) is 7.11 Å². The average Bonchev–Trinajstić information content (AvgIpc) is 2.41. The molecule has 0 aliphatic heterocycles. The van der Waals surface area contributed by atoms with E-state index in [1.807, 2.05) is 36.4 Å². The van der Waals surface area contributed by atoms with Crippen LogP contribution >= 0.6 is 11.6 Å². The predicted molar refractivity (Wildman–Crippen MR) is 84.4 cm³/mol. The third-order valence-electron chi connectivity index (χ3n) is 3.32. The van der Waals surface area contributed by atoms with Gasteiger partial charge in [-0.3, -0.25) is 0 Å². The molecule has 106 valence electrons. The molecule has 2 rings (SSSR count). The van der Waals surface area contributed by atoms with E-state index in [1.165, 1.54) is 5.56 Å². The second kappa shape index (κ2) is 6.29. The lowest BCUT2D eigenvalue weighted by atomic mass is 9.87. The summed E-state index contributed by atoms with van der Waals surface area (Å²) < 4.78 is 5.16. The lowest BCUT2D eigenvalue weighted by Crippen LogP contribution is -2.41. The number of rotatable bonds is 5. The van der Waals surface area contributed by atoms with Crippen LogP contribution in [0.2, 0.25) is 5.02 Å². The van der Waals surface area contributed by atoms with Gasteiger partial charge < -0.3 is 10.5 Å². The van der Waals surface area contributed by atoms with E-state index >= 15 is 0 Å². The fraction of sp³-hybridized carbons (Fsp3) is 0.294. The number of nitrogens with two attached hydrogens (primary N) is 1. The summed E-state index contributed by atoms with van der Waals surface area (Å²) in [6.45, 7) is 2.06. The maximum absolute atomic E-state index is 6.43. The van der Waals surface area contributed by atoms with E-state index in [4.69, 9.17) is 22.1 Å². The number of benzene rings is 2. The van der Waals surface area contributed by atoms with E-state index in [9.17, 15) is 0 Å². The SMILES string of the molecule is COc1ccc(CC(C)(N)Cc2ccccc2Cl)cc1. The van der Waals surface area contributed by atoms with Crippen LogP contribution in [-0.2, 0) is 12.8 Å².